The standard InChI is InChI=1S/C11H15BrN4O2/c1-18-5-4-9(7-17)13-11-14-10-3-2-8(12)6-16(10)15-11/h2-3,6,9,17H,4-5,7H2,1H3,(H,13,15). The van der Waals surface area contributed by atoms with Crippen LogP contribution in [0.1, 0.15) is 6.42 Å². The molecule has 0 saturated carbocycles. The number of fused-ring (bicyclic) bond motifs is 1. The van der Waals surface area contributed by atoms with Crippen LogP contribution in [-0.4, -0.2) is 46.1 Å². The van der Waals surface area contributed by atoms with E-state index in [0.717, 1.165) is 10.1 Å². The smallest absolute Gasteiger partial charge is 0.243 e. The van der Waals surface area contributed by atoms with E-state index in [0.29, 0.717) is 19.0 Å². The van der Waals surface area contributed by atoms with Crippen LogP contribution in [0.15, 0.2) is 22.8 Å². The molecule has 0 bridgehead atoms. The third kappa shape index (κ3) is 3.18. The number of methoxy groups -OCH3 is 1. The van der Waals surface area contributed by atoms with Gasteiger partial charge in [-0.1, -0.05) is 0 Å². The lowest BCUT2D eigenvalue weighted by molar-refractivity contribution is 0.174. The van der Waals surface area contributed by atoms with Crippen molar-refractivity contribution >= 4 is 27.5 Å². The lowest BCUT2D eigenvalue weighted by Gasteiger charge is -2.13. The van der Waals surface area contributed by atoms with E-state index in [2.05, 4.69) is 31.3 Å². The van der Waals surface area contributed by atoms with Gasteiger partial charge in [0.15, 0.2) is 5.65 Å². The predicted molar refractivity (Wildman–Crippen MR) is 71.7 cm³/mol. The third-order valence-electron chi connectivity index (χ3n) is 2.52. The Morgan fingerprint density at radius 1 is 1.56 bits per heavy atom. The molecule has 2 rings (SSSR count). The fraction of sp³-hybridized carbons (Fsp3) is 0.455. The summed E-state index contributed by atoms with van der Waals surface area (Å²) in [5, 5.41) is 16.6. The van der Waals surface area contributed by atoms with Gasteiger partial charge in [0.05, 0.1) is 12.6 Å². The zero-order valence-electron chi connectivity index (χ0n) is 10.0. The zero-order valence-corrected chi connectivity index (χ0v) is 11.6. The van der Waals surface area contributed by atoms with Crippen LogP contribution < -0.4 is 5.32 Å². The van der Waals surface area contributed by atoms with Gasteiger partial charge < -0.3 is 15.2 Å². The molecule has 2 N–H and O–H groups in total. The average Bonchev–Trinajstić information content (AvgIpc) is 2.75. The molecule has 0 spiro atoms. The average molecular weight is 315 g/mol. The maximum Gasteiger partial charge on any atom is 0.243 e. The van der Waals surface area contributed by atoms with E-state index in [-0.39, 0.29) is 12.6 Å². The summed E-state index contributed by atoms with van der Waals surface area (Å²) >= 11 is 3.37. The van der Waals surface area contributed by atoms with Gasteiger partial charge in [-0.25, -0.2) is 4.52 Å². The lowest BCUT2D eigenvalue weighted by atomic mass is 10.2. The van der Waals surface area contributed by atoms with Crippen molar-refractivity contribution in [2.45, 2.75) is 12.5 Å². The minimum Gasteiger partial charge on any atom is -0.394 e. The molecule has 0 fully saturated rings. The number of nitrogens with zero attached hydrogens (tertiary/aromatic N) is 3. The Bertz CT molecular complexity index is 517. The van der Waals surface area contributed by atoms with E-state index < -0.39 is 0 Å². The number of aliphatic hydroxyl groups is 1. The van der Waals surface area contributed by atoms with Crippen molar-refractivity contribution < 1.29 is 9.84 Å². The Morgan fingerprint density at radius 2 is 2.39 bits per heavy atom. The van der Waals surface area contributed by atoms with Crippen LogP contribution in [0.25, 0.3) is 5.65 Å². The summed E-state index contributed by atoms with van der Waals surface area (Å²) in [6.07, 6.45) is 2.53. The number of nitrogens with one attached hydrogen (secondary N) is 1. The highest BCUT2D eigenvalue weighted by Crippen LogP contribution is 2.13. The first-order valence-corrected chi connectivity index (χ1v) is 6.40. The number of anilines is 1. The molecule has 1 unspecified atom stereocenters. The Hall–Kier alpha value is -1.18. The van der Waals surface area contributed by atoms with Gasteiger partial charge >= 0.3 is 0 Å². The van der Waals surface area contributed by atoms with Crippen molar-refractivity contribution in [3.05, 3.63) is 22.8 Å². The van der Waals surface area contributed by atoms with E-state index in [9.17, 15) is 5.11 Å². The zero-order chi connectivity index (χ0) is 13.0. The van der Waals surface area contributed by atoms with Gasteiger partial charge in [0.25, 0.3) is 0 Å². The van der Waals surface area contributed by atoms with Gasteiger partial charge in [-0.2, -0.15) is 4.98 Å². The van der Waals surface area contributed by atoms with E-state index in [1.165, 1.54) is 0 Å². The Morgan fingerprint density at radius 3 is 3.11 bits per heavy atom. The van der Waals surface area contributed by atoms with Crippen molar-refractivity contribution in [3.8, 4) is 0 Å². The van der Waals surface area contributed by atoms with Crippen LogP contribution in [0.4, 0.5) is 5.95 Å². The second-order valence-corrected chi connectivity index (χ2v) is 4.81. The molecule has 0 radical (unpaired) electrons. The molecule has 0 aliphatic rings. The first kappa shape index (κ1) is 13.3. The Labute approximate surface area is 113 Å². The van der Waals surface area contributed by atoms with Crippen LogP contribution in [0.3, 0.4) is 0 Å². The highest BCUT2D eigenvalue weighted by molar-refractivity contribution is 9.10. The summed E-state index contributed by atoms with van der Waals surface area (Å²) in [5.41, 5.74) is 0.754. The van der Waals surface area contributed by atoms with Crippen molar-refractivity contribution in [3.63, 3.8) is 0 Å². The molecule has 6 nitrogen and oxygen atoms in total. The number of pyridine rings is 1. The molecule has 0 aliphatic heterocycles. The van der Waals surface area contributed by atoms with Crippen LogP contribution in [0.5, 0.6) is 0 Å². The molecule has 2 aromatic heterocycles. The summed E-state index contributed by atoms with van der Waals surface area (Å²) in [7, 11) is 1.63. The summed E-state index contributed by atoms with van der Waals surface area (Å²) in [6, 6.07) is 3.67. The minimum atomic E-state index is -0.106. The molecule has 0 aromatic carbocycles. The fourth-order valence-corrected chi connectivity index (χ4v) is 1.90. The van der Waals surface area contributed by atoms with E-state index in [1.54, 1.807) is 11.6 Å². The summed E-state index contributed by atoms with van der Waals surface area (Å²) < 4.78 is 7.60. The number of aromatic nitrogens is 3. The van der Waals surface area contributed by atoms with Crippen molar-refractivity contribution in [1.82, 2.24) is 14.6 Å². The number of ether oxygens (including phenoxy) is 1. The molecule has 18 heavy (non-hydrogen) atoms. The minimum absolute atomic E-state index is 0.0165. The predicted octanol–water partition coefficient (Wildman–Crippen LogP) is 1.30. The Balaban J connectivity index is 2.10. The molecule has 0 saturated heterocycles. The molecule has 2 aromatic rings. The van der Waals surface area contributed by atoms with Gasteiger partial charge in [0, 0.05) is 24.4 Å². The maximum absolute atomic E-state index is 9.25. The van der Waals surface area contributed by atoms with E-state index >= 15 is 0 Å². The third-order valence-corrected chi connectivity index (χ3v) is 2.99. The van der Waals surface area contributed by atoms with E-state index in [4.69, 9.17) is 4.74 Å². The topological polar surface area (TPSA) is 71.7 Å². The molecular weight excluding hydrogens is 300 g/mol. The first-order valence-electron chi connectivity index (χ1n) is 5.61. The molecule has 1 atom stereocenters. The normalized spacial score (nSPS) is 12.8. The summed E-state index contributed by atoms with van der Waals surface area (Å²) in [5.74, 6) is 0.503. The van der Waals surface area contributed by atoms with Crippen LogP contribution in [-0.2, 0) is 4.74 Å². The van der Waals surface area contributed by atoms with Crippen LogP contribution in [0.2, 0.25) is 0 Å². The monoisotopic (exact) mass is 314 g/mol. The summed E-state index contributed by atoms with van der Waals surface area (Å²) in [4.78, 5) is 4.32. The highest BCUT2D eigenvalue weighted by atomic mass is 79.9. The number of rotatable bonds is 6. The van der Waals surface area contributed by atoms with Crippen LogP contribution in [0, 0.1) is 0 Å². The Kier molecular flexibility index (Phi) is 4.51. The summed E-state index contributed by atoms with van der Waals surface area (Å²) in [6.45, 7) is 0.597. The van der Waals surface area contributed by atoms with Gasteiger partial charge in [-0.15, -0.1) is 5.10 Å². The molecule has 0 aliphatic carbocycles. The fourth-order valence-electron chi connectivity index (χ4n) is 1.57. The van der Waals surface area contributed by atoms with Crippen molar-refractivity contribution in [2.75, 3.05) is 25.6 Å². The first-order chi connectivity index (χ1) is 8.72. The molecule has 7 heteroatoms. The largest absolute Gasteiger partial charge is 0.394 e. The van der Waals surface area contributed by atoms with Gasteiger partial charge in [-0.05, 0) is 34.5 Å². The SMILES string of the molecule is COCCC(CO)Nc1nc2ccc(Br)cn2n1. The highest BCUT2D eigenvalue weighted by Gasteiger charge is 2.10. The maximum atomic E-state index is 9.25. The lowest BCUT2D eigenvalue weighted by Crippen LogP contribution is -2.26. The molecule has 2 heterocycles. The van der Waals surface area contributed by atoms with Crippen molar-refractivity contribution in [1.29, 1.82) is 0 Å². The number of halogens is 1. The second kappa shape index (κ2) is 6.12. The number of aliphatic hydroxyl groups excluding tert-OH is 1. The van der Waals surface area contributed by atoms with Crippen molar-refractivity contribution in [2.24, 2.45) is 0 Å². The molecule has 0 amide bonds. The second-order valence-electron chi connectivity index (χ2n) is 3.89. The molecular formula is C11H15BrN4O2. The molecule has 98 valence electrons. The van der Waals surface area contributed by atoms with Crippen LogP contribution >= 0.6 is 15.9 Å². The van der Waals surface area contributed by atoms with E-state index in [1.807, 2.05) is 18.3 Å². The number of hydrogen-bond acceptors (Lipinski definition) is 5. The quantitative estimate of drug-likeness (QED) is 0.841. The van der Waals surface area contributed by atoms with Gasteiger partial charge in [0.1, 0.15) is 0 Å². The van der Waals surface area contributed by atoms with Gasteiger partial charge in [-0.3, -0.25) is 0 Å². The van der Waals surface area contributed by atoms with Gasteiger partial charge in [0.2, 0.25) is 5.95 Å². The number of hydrogen-bond donors (Lipinski definition) is 2.